The Morgan fingerprint density at radius 3 is 2.85 bits per heavy atom. The molecule has 0 saturated carbocycles. The highest BCUT2D eigenvalue weighted by atomic mass is 35.5. The zero-order valence-corrected chi connectivity index (χ0v) is 15.9. The van der Waals surface area contributed by atoms with Gasteiger partial charge in [0.1, 0.15) is 11.5 Å². The van der Waals surface area contributed by atoms with Crippen molar-refractivity contribution in [1.29, 1.82) is 0 Å². The number of hydrogen-bond donors (Lipinski definition) is 2. The van der Waals surface area contributed by atoms with Crippen molar-refractivity contribution >= 4 is 29.1 Å². The number of fused-ring (bicyclic) bond motifs is 1. The number of halogens is 2. The predicted octanol–water partition coefficient (Wildman–Crippen LogP) is 3.79. The first kappa shape index (κ1) is 19.4. The minimum atomic E-state index is -0.557. The molecule has 3 rings (SSSR count). The Bertz CT molecular complexity index is 866. The smallest absolute Gasteiger partial charge is 0.291 e. The van der Waals surface area contributed by atoms with Crippen LogP contribution in [-0.4, -0.2) is 27.9 Å². The largest absolute Gasteiger partial charge is 0.351 e. The number of rotatable bonds is 6. The van der Waals surface area contributed by atoms with Gasteiger partial charge in [-0.05, 0) is 43.9 Å². The second-order valence-corrected chi connectivity index (χ2v) is 6.94. The molecule has 1 aromatic heterocycles. The number of unbranched alkanes of at least 4 members (excludes halogenated alkanes) is 1. The van der Waals surface area contributed by atoms with Gasteiger partial charge in [-0.3, -0.25) is 9.59 Å². The van der Waals surface area contributed by atoms with Gasteiger partial charge in [0.15, 0.2) is 5.82 Å². The summed E-state index contributed by atoms with van der Waals surface area (Å²) < 4.78 is 15.1. The lowest BCUT2D eigenvalue weighted by atomic mass is 10.1. The van der Waals surface area contributed by atoms with Crippen LogP contribution in [0.25, 0.3) is 0 Å². The SMILES string of the molecule is CCCCNC(=O)c1nc(C(=O)Nc2ccc(F)c(Cl)c2)n2c1CCCC2. The van der Waals surface area contributed by atoms with Gasteiger partial charge in [0.25, 0.3) is 11.8 Å². The fourth-order valence-corrected chi connectivity index (χ4v) is 3.30. The van der Waals surface area contributed by atoms with Crippen LogP contribution in [0.5, 0.6) is 0 Å². The van der Waals surface area contributed by atoms with E-state index in [-0.39, 0.29) is 16.8 Å². The van der Waals surface area contributed by atoms with Crippen molar-refractivity contribution in [2.24, 2.45) is 0 Å². The summed E-state index contributed by atoms with van der Waals surface area (Å²) in [6, 6.07) is 3.95. The zero-order chi connectivity index (χ0) is 19.4. The van der Waals surface area contributed by atoms with Crippen LogP contribution in [0.1, 0.15) is 59.4 Å². The number of carbonyl (C=O) groups excluding carboxylic acids is 2. The molecule has 1 aromatic carbocycles. The standard InChI is InChI=1S/C19H22ClFN4O2/c1-2-3-9-22-18(26)16-15-6-4-5-10-25(15)17(24-16)19(27)23-12-7-8-14(21)13(20)11-12/h7-8,11H,2-6,9-10H2,1H3,(H,22,26)(H,23,27). The van der Waals surface area contributed by atoms with E-state index in [0.29, 0.717) is 30.9 Å². The molecular weight excluding hydrogens is 371 g/mol. The Morgan fingerprint density at radius 1 is 1.30 bits per heavy atom. The van der Waals surface area contributed by atoms with Gasteiger partial charge in [-0.1, -0.05) is 24.9 Å². The molecule has 0 fully saturated rings. The summed E-state index contributed by atoms with van der Waals surface area (Å²) in [6.07, 6.45) is 4.45. The fraction of sp³-hybridized carbons (Fsp3) is 0.421. The number of hydrogen-bond acceptors (Lipinski definition) is 3. The van der Waals surface area contributed by atoms with Gasteiger partial charge in [0, 0.05) is 18.8 Å². The summed E-state index contributed by atoms with van der Waals surface area (Å²) in [4.78, 5) is 29.5. The average Bonchev–Trinajstić information content (AvgIpc) is 3.05. The summed E-state index contributed by atoms with van der Waals surface area (Å²) in [5.41, 5.74) is 1.47. The molecule has 2 amide bonds. The van der Waals surface area contributed by atoms with E-state index in [9.17, 15) is 14.0 Å². The third-order valence-electron chi connectivity index (χ3n) is 4.53. The van der Waals surface area contributed by atoms with Crippen LogP contribution in [0.3, 0.4) is 0 Å². The van der Waals surface area contributed by atoms with E-state index in [1.165, 1.54) is 18.2 Å². The summed E-state index contributed by atoms with van der Waals surface area (Å²) in [7, 11) is 0. The van der Waals surface area contributed by atoms with E-state index in [2.05, 4.69) is 22.5 Å². The molecule has 27 heavy (non-hydrogen) atoms. The van der Waals surface area contributed by atoms with Gasteiger partial charge in [0.2, 0.25) is 0 Å². The van der Waals surface area contributed by atoms with Crippen molar-refractivity contribution in [3.63, 3.8) is 0 Å². The molecule has 144 valence electrons. The van der Waals surface area contributed by atoms with Gasteiger partial charge in [-0.25, -0.2) is 9.37 Å². The van der Waals surface area contributed by atoms with Crippen LogP contribution in [0.4, 0.5) is 10.1 Å². The summed E-state index contributed by atoms with van der Waals surface area (Å²) in [5.74, 6) is -1.07. The molecule has 2 heterocycles. The Labute approximate surface area is 162 Å². The van der Waals surface area contributed by atoms with Crippen molar-refractivity contribution in [3.05, 3.63) is 46.3 Å². The Hall–Kier alpha value is -2.41. The summed E-state index contributed by atoms with van der Waals surface area (Å²) >= 11 is 5.76. The molecule has 2 N–H and O–H groups in total. The lowest BCUT2D eigenvalue weighted by Crippen LogP contribution is -2.26. The Morgan fingerprint density at radius 2 is 2.11 bits per heavy atom. The molecule has 0 bridgehead atoms. The van der Waals surface area contributed by atoms with Crippen LogP contribution in [0, 0.1) is 5.82 Å². The molecule has 0 radical (unpaired) electrons. The van der Waals surface area contributed by atoms with Crippen LogP contribution < -0.4 is 10.6 Å². The van der Waals surface area contributed by atoms with E-state index < -0.39 is 11.7 Å². The van der Waals surface area contributed by atoms with Gasteiger partial charge >= 0.3 is 0 Å². The normalized spacial score (nSPS) is 13.1. The predicted molar refractivity (Wildman–Crippen MR) is 102 cm³/mol. The molecule has 2 aromatic rings. The fourth-order valence-electron chi connectivity index (χ4n) is 3.12. The number of nitrogens with one attached hydrogen (secondary N) is 2. The maximum Gasteiger partial charge on any atom is 0.291 e. The van der Waals surface area contributed by atoms with Gasteiger partial charge in [0.05, 0.1) is 10.7 Å². The number of benzene rings is 1. The minimum absolute atomic E-state index is 0.0751. The van der Waals surface area contributed by atoms with Crippen molar-refractivity contribution in [2.75, 3.05) is 11.9 Å². The third-order valence-corrected chi connectivity index (χ3v) is 4.82. The average molecular weight is 393 g/mol. The Kier molecular flexibility index (Phi) is 6.11. The second-order valence-electron chi connectivity index (χ2n) is 6.53. The first-order valence-electron chi connectivity index (χ1n) is 9.15. The molecule has 0 unspecified atom stereocenters. The first-order valence-corrected chi connectivity index (χ1v) is 9.53. The zero-order valence-electron chi connectivity index (χ0n) is 15.1. The van der Waals surface area contributed by atoms with Gasteiger partial charge < -0.3 is 15.2 Å². The number of imidazole rings is 1. The highest BCUT2D eigenvalue weighted by molar-refractivity contribution is 6.31. The number of aromatic nitrogens is 2. The number of nitrogens with zero attached hydrogens (tertiary/aromatic N) is 2. The van der Waals surface area contributed by atoms with E-state index in [1.807, 2.05) is 0 Å². The summed E-state index contributed by atoms with van der Waals surface area (Å²) in [5, 5.41) is 5.46. The minimum Gasteiger partial charge on any atom is -0.351 e. The van der Waals surface area contributed by atoms with E-state index in [0.717, 1.165) is 31.4 Å². The van der Waals surface area contributed by atoms with Gasteiger partial charge in [-0.15, -0.1) is 0 Å². The number of amides is 2. The molecule has 0 atom stereocenters. The van der Waals surface area contributed by atoms with Crippen LogP contribution in [0.2, 0.25) is 5.02 Å². The highest BCUT2D eigenvalue weighted by Gasteiger charge is 2.27. The van der Waals surface area contributed by atoms with Crippen LogP contribution in [-0.2, 0) is 13.0 Å². The first-order chi connectivity index (χ1) is 13.0. The van der Waals surface area contributed by atoms with Crippen LogP contribution >= 0.6 is 11.6 Å². The van der Waals surface area contributed by atoms with Crippen molar-refractivity contribution < 1.29 is 14.0 Å². The summed E-state index contributed by atoms with van der Waals surface area (Å²) in [6.45, 7) is 3.27. The van der Waals surface area contributed by atoms with Gasteiger partial charge in [-0.2, -0.15) is 0 Å². The highest BCUT2D eigenvalue weighted by Crippen LogP contribution is 2.23. The number of carbonyl (C=O) groups is 2. The molecular formula is C19H22ClFN4O2. The maximum atomic E-state index is 13.3. The molecule has 1 aliphatic heterocycles. The van der Waals surface area contributed by atoms with Crippen molar-refractivity contribution in [3.8, 4) is 0 Å². The maximum absolute atomic E-state index is 13.3. The van der Waals surface area contributed by atoms with Crippen molar-refractivity contribution in [1.82, 2.24) is 14.9 Å². The molecule has 0 spiro atoms. The van der Waals surface area contributed by atoms with E-state index >= 15 is 0 Å². The quantitative estimate of drug-likeness (QED) is 0.734. The lowest BCUT2D eigenvalue weighted by molar-refractivity contribution is 0.0947. The Balaban J connectivity index is 1.85. The molecule has 8 heteroatoms. The van der Waals surface area contributed by atoms with E-state index in [1.54, 1.807) is 4.57 Å². The lowest BCUT2D eigenvalue weighted by Gasteiger charge is -2.17. The molecule has 0 aliphatic carbocycles. The molecule has 1 aliphatic rings. The molecule has 0 saturated heterocycles. The third kappa shape index (κ3) is 4.30. The second kappa shape index (κ2) is 8.52. The van der Waals surface area contributed by atoms with Crippen LogP contribution in [0.15, 0.2) is 18.2 Å². The monoisotopic (exact) mass is 392 g/mol. The van der Waals surface area contributed by atoms with Crippen molar-refractivity contribution in [2.45, 2.75) is 45.6 Å². The number of anilines is 1. The molecule has 6 nitrogen and oxygen atoms in total. The van der Waals surface area contributed by atoms with E-state index in [4.69, 9.17) is 11.6 Å². The topological polar surface area (TPSA) is 76.0 Å².